The lowest BCUT2D eigenvalue weighted by Crippen LogP contribution is -2.21. The van der Waals surface area contributed by atoms with Gasteiger partial charge in [0.25, 0.3) is 5.91 Å². The lowest BCUT2D eigenvalue weighted by molar-refractivity contribution is 0.0963. The van der Waals surface area contributed by atoms with Crippen molar-refractivity contribution in [1.82, 2.24) is 5.32 Å². The number of aliphatic hydroxyl groups excluding tert-OH is 1. The summed E-state index contributed by atoms with van der Waals surface area (Å²) in [6.45, 7) is 2.99. The highest BCUT2D eigenvalue weighted by Crippen LogP contribution is 2.19. The minimum Gasteiger partial charge on any atom is -0.396 e. The molecule has 0 saturated heterocycles. The largest absolute Gasteiger partial charge is 0.396 e. The predicted molar refractivity (Wildman–Crippen MR) is 74.0 cm³/mol. The second-order valence-corrected chi connectivity index (χ2v) is 4.29. The molecule has 4 nitrogen and oxygen atoms in total. The molecule has 1 aromatic rings. The molecule has 0 saturated carbocycles. The van der Waals surface area contributed by atoms with Gasteiger partial charge in [0, 0.05) is 25.9 Å². The van der Waals surface area contributed by atoms with Crippen LogP contribution in [0.25, 0.3) is 0 Å². The van der Waals surface area contributed by atoms with E-state index in [-0.39, 0.29) is 12.5 Å². The summed E-state index contributed by atoms with van der Waals surface area (Å²) in [7, 11) is 1.64. The predicted octanol–water partition coefficient (Wildman–Crippen LogP) is 1.93. The van der Waals surface area contributed by atoms with Crippen LogP contribution in [0.4, 0.5) is 5.69 Å². The maximum Gasteiger partial charge on any atom is 0.253 e. The van der Waals surface area contributed by atoms with E-state index in [0.29, 0.717) is 5.56 Å². The normalized spacial score (nSPS) is 10.2. The Morgan fingerprint density at radius 1 is 1.28 bits per heavy atom. The van der Waals surface area contributed by atoms with Crippen LogP contribution in [0.5, 0.6) is 0 Å². The first-order valence-electron chi connectivity index (χ1n) is 6.37. The van der Waals surface area contributed by atoms with Crippen LogP contribution in [0.15, 0.2) is 18.2 Å². The van der Waals surface area contributed by atoms with E-state index in [2.05, 4.69) is 10.6 Å². The monoisotopic (exact) mass is 250 g/mol. The molecule has 4 heteroatoms. The quantitative estimate of drug-likeness (QED) is 0.648. The Labute approximate surface area is 108 Å². The first-order chi connectivity index (χ1) is 8.70. The maximum absolute atomic E-state index is 11.8. The molecule has 0 fully saturated rings. The van der Waals surface area contributed by atoms with E-state index in [1.165, 1.54) is 0 Å². The highest BCUT2D eigenvalue weighted by atomic mass is 16.2. The van der Waals surface area contributed by atoms with E-state index in [0.717, 1.165) is 37.1 Å². The van der Waals surface area contributed by atoms with Gasteiger partial charge >= 0.3 is 0 Å². The lowest BCUT2D eigenvalue weighted by atomic mass is 10.1. The van der Waals surface area contributed by atoms with Gasteiger partial charge in [-0.1, -0.05) is 12.1 Å². The molecule has 1 amide bonds. The number of aliphatic hydroxyl groups is 1. The molecule has 100 valence electrons. The van der Waals surface area contributed by atoms with Crippen LogP contribution in [0.2, 0.25) is 0 Å². The summed E-state index contributed by atoms with van der Waals surface area (Å²) < 4.78 is 0. The Bertz CT molecular complexity index is 391. The molecule has 0 spiro atoms. The van der Waals surface area contributed by atoms with Gasteiger partial charge in [-0.15, -0.1) is 0 Å². The Hall–Kier alpha value is -1.55. The number of hydrogen-bond donors (Lipinski definition) is 3. The summed E-state index contributed by atoms with van der Waals surface area (Å²) in [4.78, 5) is 11.8. The second kappa shape index (κ2) is 7.71. The van der Waals surface area contributed by atoms with Gasteiger partial charge in [-0.25, -0.2) is 0 Å². The number of unbranched alkanes of at least 4 members (excludes halogenated alkanes) is 2. The zero-order chi connectivity index (χ0) is 13.4. The number of benzene rings is 1. The van der Waals surface area contributed by atoms with E-state index in [1.54, 1.807) is 7.05 Å². The number of amides is 1. The van der Waals surface area contributed by atoms with Crippen LogP contribution in [-0.2, 0) is 0 Å². The average molecular weight is 250 g/mol. The molecular formula is C14H22N2O2. The second-order valence-electron chi connectivity index (χ2n) is 4.29. The molecule has 18 heavy (non-hydrogen) atoms. The van der Waals surface area contributed by atoms with Crippen molar-refractivity contribution in [3.05, 3.63) is 29.3 Å². The van der Waals surface area contributed by atoms with Crippen LogP contribution >= 0.6 is 0 Å². The van der Waals surface area contributed by atoms with E-state index < -0.39 is 0 Å². The van der Waals surface area contributed by atoms with Crippen LogP contribution in [0.3, 0.4) is 0 Å². The number of hydrogen-bond acceptors (Lipinski definition) is 3. The summed E-state index contributed by atoms with van der Waals surface area (Å²) >= 11 is 0. The number of carbonyl (C=O) groups is 1. The van der Waals surface area contributed by atoms with Gasteiger partial charge in [0.15, 0.2) is 0 Å². The molecule has 3 N–H and O–H groups in total. The highest BCUT2D eigenvalue weighted by Gasteiger charge is 2.11. The van der Waals surface area contributed by atoms with E-state index >= 15 is 0 Å². The number of aryl methyl sites for hydroxylation is 1. The van der Waals surface area contributed by atoms with E-state index in [9.17, 15) is 4.79 Å². The molecule has 1 rings (SSSR count). The fourth-order valence-corrected chi connectivity index (χ4v) is 1.88. The van der Waals surface area contributed by atoms with Crippen molar-refractivity contribution in [3.8, 4) is 0 Å². The summed E-state index contributed by atoms with van der Waals surface area (Å²) in [5, 5.41) is 14.6. The Morgan fingerprint density at radius 3 is 2.72 bits per heavy atom. The third-order valence-corrected chi connectivity index (χ3v) is 2.88. The maximum atomic E-state index is 11.8. The summed E-state index contributed by atoms with van der Waals surface area (Å²) in [5.41, 5.74) is 2.55. The minimum atomic E-state index is -0.0639. The Kier molecular flexibility index (Phi) is 6.22. The molecule has 0 aromatic heterocycles. The van der Waals surface area contributed by atoms with Crippen molar-refractivity contribution in [2.24, 2.45) is 0 Å². The lowest BCUT2D eigenvalue weighted by Gasteiger charge is -2.13. The van der Waals surface area contributed by atoms with Gasteiger partial charge in [-0.3, -0.25) is 4.79 Å². The fourth-order valence-electron chi connectivity index (χ4n) is 1.88. The topological polar surface area (TPSA) is 61.4 Å². The molecule has 0 radical (unpaired) electrons. The van der Waals surface area contributed by atoms with Crippen LogP contribution in [0.1, 0.15) is 35.2 Å². The van der Waals surface area contributed by atoms with Crippen molar-refractivity contribution in [3.63, 3.8) is 0 Å². The average Bonchev–Trinajstić information content (AvgIpc) is 2.38. The van der Waals surface area contributed by atoms with Crippen LogP contribution in [0, 0.1) is 6.92 Å². The summed E-state index contributed by atoms with van der Waals surface area (Å²) in [6.07, 6.45) is 2.81. The summed E-state index contributed by atoms with van der Waals surface area (Å²) in [6, 6.07) is 5.79. The van der Waals surface area contributed by atoms with Gasteiger partial charge in [-0.2, -0.15) is 0 Å². The zero-order valence-corrected chi connectivity index (χ0v) is 11.1. The minimum absolute atomic E-state index is 0.0639. The third kappa shape index (κ3) is 4.04. The van der Waals surface area contributed by atoms with Crippen molar-refractivity contribution in [2.75, 3.05) is 25.5 Å². The standard InChI is InChI=1S/C14H22N2O2/c1-11-7-6-8-12(13(11)14(18)15-2)16-9-4-3-5-10-17/h6-8,16-17H,3-5,9-10H2,1-2H3,(H,15,18). The van der Waals surface area contributed by atoms with Crippen molar-refractivity contribution in [1.29, 1.82) is 0 Å². The first-order valence-corrected chi connectivity index (χ1v) is 6.37. The highest BCUT2D eigenvalue weighted by molar-refractivity contribution is 6.00. The van der Waals surface area contributed by atoms with Crippen molar-refractivity contribution >= 4 is 11.6 Å². The molecule has 0 aliphatic rings. The van der Waals surface area contributed by atoms with Crippen LogP contribution < -0.4 is 10.6 Å². The molecular weight excluding hydrogens is 228 g/mol. The SMILES string of the molecule is CNC(=O)c1c(C)cccc1NCCCCCO. The third-order valence-electron chi connectivity index (χ3n) is 2.88. The van der Waals surface area contributed by atoms with Crippen molar-refractivity contribution < 1.29 is 9.90 Å². The Morgan fingerprint density at radius 2 is 2.06 bits per heavy atom. The number of carbonyl (C=O) groups excluding carboxylic acids is 1. The van der Waals surface area contributed by atoms with Gasteiger partial charge in [0.05, 0.1) is 5.56 Å². The molecule has 1 aromatic carbocycles. The molecule has 0 bridgehead atoms. The molecule has 0 aliphatic heterocycles. The number of rotatable bonds is 7. The van der Waals surface area contributed by atoms with Crippen LogP contribution in [-0.4, -0.2) is 31.2 Å². The van der Waals surface area contributed by atoms with Gasteiger partial charge in [-0.05, 0) is 37.8 Å². The molecule has 0 atom stereocenters. The van der Waals surface area contributed by atoms with E-state index in [1.807, 2.05) is 25.1 Å². The first kappa shape index (κ1) is 14.5. The summed E-state index contributed by atoms with van der Waals surface area (Å²) in [5.74, 6) is -0.0639. The molecule has 0 unspecified atom stereocenters. The zero-order valence-electron chi connectivity index (χ0n) is 11.1. The Balaban J connectivity index is 2.64. The van der Waals surface area contributed by atoms with Gasteiger partial charge < -0.3 is 15.7 Å². The number of anilines is 1. The van der Waals surface area contributed by atoms with Crippen molar-refractivity contribution in [2.45, 2.75) is 26.2 Å². The van der Waals surface area contributed by atoms with Gasteiger partial charge in [0.2, 0.25) is 0 Å². The number of nitrogens with one attached hydrogen (secondary N) is 2. The fraction of sp³-hybridized carbons (Fsp3) is 0.500. The molecule has 0 heterocycles. The molecule has 0 aliphatic carbocycles. The van der Waals surface area contributed by atoms with E-state index in [4.69, 9.17) is 5.11 Å². The van der Waals surface area contributed by atoms with Gasteiger partial charge in [0.1, 0.15) is 0 Å². The smallest absolute Gasteiger partial charge is 0.253 e.